The van der Waals surface area contributed by atoms with Gasteiger partial charge in [0.05, 0.1) is 17.2 Å². The highest BCUT2D eigenvalue weighted by molar-refractivity contribution is 7.20. The van der Waals surface area contributed by atoms with Crippen molar-refractivity contribution in [3.63, 3.8) is 0 Å². The van der Waals surface area contributed by atoms with Crippen LogP contribution in [0, 0.1) is 12.7 Å². The molecule has 0 radical (unpaired) electrons. The van der Waals surface area contributed by atoms with Crippen molar-refractivity contribution >= 4 is 39.0 Å². The number of benzene rings is 1. The Labute approximate surface area is 170 Å². The van der Waals surface area contributed by atoms with Gasteiger partial charge in [-0.25, -0.2) is 19.2 Å². The van der Waals surface area contributed by atoms with Crippen LogP contribution in [-0.2, 0) is 0 Å². The number of nitrogens with zero attached hydrogens (tertiary/aromatic N) is 2. The zero-order valence-electron chi connectivity index (χ0n) is 15.7. The number of aromatic carboxylic acids is 1. The van der Waals surface area contributed by atoms with E-state index in [0.29, 0.717) is 40.1 Å². The third kappa shape index (κ3) is 3.88. The highest BCUT2D eigenvalue weighted by atomic mass is 32.1. The maximum atomic E-state index is 13.9. The van der Waals surface area contributed by atoms with Crippen LogP contribution in [0.15, 0.2) is 24.5 Å². The fourth-order valence-corrected chi connectivity index (χ4v) is 4.56. The van der Waals surface area contributed by atoms with Crippen LogP contribution in [0.5, 0.6) is 5.75 Å². The summed E-state index contributed by atoms with van der Waals surface area (Å²) in [4.78, 5) is 20.6. The summed E-state index contributed by atoms with van der Waals surface area (Å²) in [5, 5.41) is 23.3. The number of thiophene rings is 1. The van der Waals surface area contributed by atoms with Crippen molar-refractivity contribution in [1.29, 1.82) is 0 Å². The van der Waals surface area contributed by atoms with Crippen LogP contribution in [0.2, 0.25) is 0 Å². The van der Waals surface area contributed by atoms with Crippen molar-refractivity contribution in [2.24, 2.45) is 0 Å². The molecule has 1 aliphatic rings. The number of aliphatic hydroxyl groups excluding tert-OH is 1. The molecule has 152 valence electrons. The zero-order chi connectivity index (χ0) is 20.5. The Morgan fingerprint density at radius 1 is 1.31 bits per heavy atom. The second-order valence-electron chi connectivity index (χ2n) is 7.04. The Morgan fingerprint density at radius 3 is 2.86 bits per heavy atom. The summed E-state index contributed by atoms with van der Waals surface area (Å²) >= 11 is 1.08. The molecule has 2 unspecified atom stereocenters. The number of hydrogen-bond donors (Lipinski definition) is 3. The number of aliphatic hydroxyl groups is 1. The zero-order valence-corrected chi connectivity index (χ0v) is 16.5. The van der Waals surface area contributed by atoms with E-state index >= 15 is 0 Å². The number of hydrogen-bond acceptors (Lipinski definition) is 7. The van der Waals surface area contributed by atoms with E-state index in [2.05, 4.69) is 15.3 Å². The minimum atomic E-state index is -1.02. The smallest absolute Gasteiger partial charge is 0.346 e. The molecule has 1 aromatic carbocycles. The number of nitrogens with one attached hydrogen (secondary N) is 1. The van der Waals surface area contributed by atoms with Gasteiger partial charge in [-0.2, -0.15) is 0 Å². The number of rotatable bonds is 5. The fraction of sp³-hybridized carbons (Fsp3) is 0.350. The van der Waals surface area contributed by atoms with Gasteiger partial charge in [0.15, 0.2) is 0 Å². The maximum Gasteiger partial charge on any atom is 0.346 e. The molecule has 2 heterocycles. The number of aromatic nitrogens is 2. The topological polar surface area (TPSA) is 105 Å². The number of ether oxygens (including phenoxy) is 1. The summed E-state index contributed by atoms with van der Waals surface area (Å²) in [5.41, 5.74) is 1.04. The normalized spacial score (nSPS) is 19.3. The molecule has 0 bridgehead atoms. The second kappa shape index (κ2) is 7.92. The minimum Gasteiger partial charge on any atom is -0.485 e. The summed E-state index contributed by atoms with van der Waals surface area (Å²) in [5.74, 6) is -0.789. The van der Waals surface area contributed by atoms with Gasteiger partial charge in [-0.3, -0.25) is 0 Å². The van der Waals surface area contributed by atoms with Crippen molar-refractivity contribution in [3.05, 3.63) is 40.8 Å². The van der Waals surface area contributed by atoms with Crippen molar-refractivity contribution in [2.75, 3.05) is 5.32 Å². The Morgan fingerprint density at radius 2 is 2.10 bits per heavy atom. The first-order valence-corrected chi connectivity index (χ1v) is 10.1. The van der Waals surface area contributed by atoms with E-state index in [-0.39, 0.29) is 10.6 Å². The Hall–Kier alpha value is -2.78. The SMILES string of the molecule is Cc1c(C(=O)O)sc2ncnc(Nc3ccc(F)cc3OC3CCCCC3O)c12. The third-order valence-electron chi connectivity index (χ3n) is 5.06. The van der Waals surface area contributed by atoms with Crippen molar-refractivity contribution in [2.45, 2.75) is 44.8 Å². The Bertz CT molecular complexity index is 1070. The summed E-state index contributed by atoms with van der Waals surface area (Å²) in [6.45, 7) is 1.71. The van der Waals surface area contributed by atoms with Crippen molar-refractivity contribution in [3.8, 4) is 5.75 Å². The third-order valence-corrected chi connectivity index (χ3v) is 6.25. The number of halogens is 1. The van der Waals surface area contributed by atoms with Crippen molar-refractivity contribution in [1.82, 2.24) is 9.97 Å². The van der Waals surface area contributed by atoms with Crippen LogP contribution in [0.1, 0.15) is 40.9 Å². The number of anilines is 2. The highest BCUT2D eigenvalue weighted by Gasteiger charge is 2.26. The van der Waals surface area contributed by atoms with Crippen LogP contribution < -0.4 is 10.1 Å². The van der Waals surface area contributed by atoms with Gasteiger partial charge in [-0.1, -0.05) is 6.42 Å². The molecule has 9 heteroatoms. The van der Waals surface area contributed by atoms with Crippen LogP contribution in [0.4, 0.5) is 15.9 Å². The molecule has 4 rings (SSSR count). The van der Waals surface area contributed by atoms with Crippen LogP contribution in [0.25, 0.3) is 10.2 Å². The summed E-state index contributed by atoms with van der Waals surface area (Å²) in [6, 6.07) is 4.10. The lowest BCUT2D eigenvalue weighted by atomic mass is 9.95. The lowest BCUT2D eigenvalue weighted by molar-refractivity contribution is 0.00712. The maximum absolute atomic E-state index is 13.9. The summed E-state index contributed by atoms with van der Waals surface area (Å²) < 4.78 is 19.8. The quantitative estimate of drug-likeness (QED) is 0.570. The molecule has 0 spiro atoms. The molecule has 1 aliphatic carbocycles. The molecule has 7 nitrogen and oxygen atoms in total. The number of carboxylic acids is 1. The number of carbonyl (C=O) groups is 1. The van der Waals surface area contributed by atoms with Gasteiger partial charge in [-0.05, 0) is 43.9 Å². The van der Waals surface area contributed by atoms with Crippen molar-refractivity contribution < 1.29 is 24.1 Å². The molecule has 0 aliphatic heterocycles. The summed E-state index contributed by atoms with van der Waals surface area (Å²) in [7, 11) is 0. The molecule has 29 heavy (non-hydrogen) atoms. The summed E-state index contributed by atoms with van der Waals surface area (Å²) in [6.07, 6.45) is 3.58. The first kappa shape index (κ1) is 19.5. The van der Waals surface area contributed by atoms with Gasteiger partial charge in [-0.15, -0.1) is 11.3 Å². The van der Waals surface area contributed by atoms with Gasteiger partial charge >= 0.3 is 5.97 Å². The molecular formula is C20H20FN3O4S. The highest BCUT2D eigenvalue weighted by Crippen LogP contribution is 2.37. The van der Waals surface area contributed by atoms with E-state index < -0.39 is 24.0 Å². The lowest BCUT2D eigenvalue weighted by Crippen LogP contribution is -2.34. The van der Waals surface area contributed by atoms with E-state index in [0.717, 1.165) is 24.2 Å². The van der Waals surface area contributed by atoms with Gasteiger partial charge in [0.25, 0.3) is 0 Å². The van der Waals surface area contributed by atoms with E-state index in [1.165, 1.54) is 24.5 Å². The molecule has 2 atom stereocenters. The fourth-order valence-electron chi connectivity index (χ4n) is 3.57. The van der Waals surface area contributed by atoms with E-state index in [9.17, 15) is 19.4 Å². The number of fused-ring (bicyclic) bond motifs is 1. The molecule has 3 N–H and O–H groups in total. The minimum absolute atomic E-state index is 0.199. The van der Waals surface area contributed by atoms with Crippen LogP contribution in [-0.4, -0.2) is 38.4 Å². The molecule has 0 saturated heterocycles. The first-order chi connectivity index (χ1) is 13.9. The largest absolute Gasteiger partial charge is 0.485 e. The predicted molar refractivity (Wildman–Crippen MR) is 108 cm³/mol. The molecule has 3 aromatic rings. The van der Waals surface area contributed by atoms with Gasteiger partial charge in [0, 0.05) is 6.07 Å². The standard InChI is InChI=1S/C20H20FN3O4S/c1-10-16-18(22-9-23-19(16)29-17(10)20(26)27)24-12-7-6-11(21)8-15(12)28-14-5-3-2-4-13(14)25/h6-9,13-14,25H,2-5H2,1H3,(H,26,27)(H,22,23,24). The van der Waals surface area contributed by atoms with Crippen LogP contribution >= 0.6 is 11.3 Å². The average Bonchev–Trinajstić information content (AvgIpc) is 3.04. The molecule has 1 fully saturated rings. The molecule has 2 aromatic heterocycles. The Balaban J connectivity index is 1.70. The van der Waals surface area contributed by atoms with E-state index in [1.54, 1.807) is 6.92 Å². The number of aryl methyl sites for hydroxylation is 1. The van der Waals surface area contributed by atoms with E-state index in [4.69, 9.17) is 4.74 Å². The number of carboxylic acid groups (broad SMARTS) is 1. The average molecular weight is 417 g/mol. The monoisotopic (exact) mass is 417 g/mol. The Kier molecular flexibility index (Phi) is 5.33. The van der Waals surface area contributed by atoms with Gasteiger partial charge in [0.2, 0.25) is 0 Å². The lowest BCUT2D eigenvalue weighted by Gasteiger charge is -2.29. The first-order valence-electron chi connectivity index (χ1n) is 9.32. The van der Waals surface area contributed by atoms with Gasteiger partial charge in [0.1, 0.15) is 39.5 Å². The van der Waals surface area contributed by atoms with Crippen LogP contribution in [0.3, 0.4) is 0 Å². The molecule has 1 saturated carbocycles. The predicted octanol–water partition coefficient (Wildman–Crippen LogP) is 4.26. The molecule has 0 amide bonds. The second-order valence-corrected chi connectivity index (χ2v) is 8.04. The van der Waals surface area contributed by atoms with Gasteiger partial charge < -0.3 is 20.3 Å². The van der Waals surface area contributed by atoms with E-state index in [1.807, 2.05) is 0 Å². The molecular weight excluding hydrogens is 397 g/mol.